The fourth-order valence-corrected chi connectivity index (χ4v) is 1.96. The van der Waals surface area contributed by atoms with Gasteiger partial charge in [-0.05, 0) is 0 Å². The van der Waals surface area contributed by atoms with Crippen LogP contribution >= 0.6 is 0 Å². The van der Waals surface area contributed by atoms with Crippen molar-refractivity contribution < 1.29 is 110 Å². The molecule has 0 aromatic rings. The number of hydrogen-bond donors (Lipinski definition) is 1. The second-order valence-electron chi connectivity index (χ2n) is 6.86. The summed E-state index contributed by atoms with van der Waals surface area (Å²) in [6, 6.07) is -7.18. The molecule has 0 aliphatic rings. The van der Waals surface area contributed by atoms with Crippen molar-refractivity contribution in [2.24, 2.45) is 5.73 Å². The third-order valence-electron chi connectivity index (χ3n) is 4.32. The normalized spacial score (nSPS) is 17.2. The van der Waals surface area contributed by atoms with E-state index in [1.165, 1.54) is 0 Å². The third-order valence-corrected chi connectivity index (χ3v) is 4.32. The molecule has 0 saturated heterocycles. The number of alkyl halides is 25. The Morgan fingerprint density at radius 2 is 0.342 bits per heavy atom. The Morgan fingerprint density at radius 1 is 0.211 bits per heavy atom. The van der Waals surface area contributed by atoms with Crippen molar-refractivity contribution >= 4 is 0 Å². The minimum atomic E-state index is -9.59. The molecule has 0 radical (unpaired) electrons. The summed E-state index contributed by atoms with van der Waals surface area (Å²) in [5.74, 6) is -91.5. The Balaban J connectivity index is 7.29. The lowest BCUT2D eigenvalue weighted by Crippen LogP contribution is -2.78. The lowest BCUT2D eigenvalue weighted by atomic mass is 9.85. The van der Waals surface area contributed by atoms with Crippen LogP contribution < -0.4 is 5.73 Å². The van der Waals surface area contributed by atoms with Gasteiger partial charge in [-0.1, -0.05) is 0 Å². The maximum atomic E-state index is 13.4. The summed E-state index contributed by atoms with van der Waals surface area (Å²) in [5.41, 5.74) is 2.94. The van der Waals surface area contributed by atoms with Gasteiger partial charge in [0.15, 0.2) is 0 Å². The zero-order valence-corrected chi connectivity index (χ0v) is 16.0. The van der Waals surface area contributed by atoms with Crippen LogP contribution in [0, 0.1) is 0 Å². The van der Waals surface area contributed by atoms with Gasteiger partial charge in [-0.15, -0.1) is 0 Å². The van der Waals surface area contributed by atoms with Crippen LogP contribution in [-0.4, -0.2) is 71.4 Å². The molecule has 0 bridgehead atoms. The lowest BCUT2D eigenvalue weighted by molar-refractivity contribution is -0.482. The fraction of sp³-hybridized carbons (Fsp3) is 1.00. The minimum absolute atomic E-state index is 2.94. The Labute approximate surface area is 188 Å². The first kappa shape index (κ1) is 36.2. The van der Waals surface area contributed by atoms with Crippen LogP contribution in [0.5, 0.6) is 0 Å². The molecular formula is C12H2F25N. The molecule has 0 aromatic carbocycles. The van der Waals surface area contributed by atoms with Gasteiger partial charge in [-0.2, -0.15) is 110 Å². The van der Waals surface area contributed by atoms with E-state index in [1.54, 1.807) is 0 Å². The number of rotatable bonds is 10. The molecule has 0 spiro atoms. The second kappa shape index (κ2) is 8.36. The van der Waals surface area contributed by atoms with Crippen LogP contribution in [0.15, 0.2) is 0 Å². The minimum Gasteiger partial charge on any atom is -0.267 e. The monoisotopic (exact) mass is 635 g/mol. The van der Waals surface area contributed by atoms with Gasteiger partial charge >= 0.3 is 71.4 Å². The summed E-state index contributed by atoms with van der Waals surface area (Å²) < 4.78 is 323. The highest BCUT2D eigenvalue weighted by molar-refractivity contribution is 5.19. The summed E-state index contributed by atoms with van der Waals surface area (Å²) in [4.78, 5) is 0. The zero-order chi connectivity index (χ0) is 32.0. The molecular weight excluding hydrogens is 633 g/mol. The van der Waals surface area contributed by atoms with Gasteiger partial charge in [0, 0.05) is 0 Å². The first-order valence-corrected chi connectivity index (χ1v) is 7.76. The van der Waals surface area contributed by atoms with Crippen LogP contribution in [0.4, 0.5) is 110 Å². The van der Waals surface area contributed by atoms with Gasteiger partial charge in [0.1, 0.15) is 0 Å². The maximum Gasteiger partial charge on any atom is 0.460 e. The molecule has 0 rings (SSSR count). The zero-order valence-electron chi connectivity index (χ0n) is 16.0. The predicted molar refractivity (Wildman–Crippen MR) is 64.7 cm³/mol. The molecule has 0 saturated carbocycles. The van der Waals surface area contributed by atoms with E-state index in [0.29, 0.717) is 0 Å². The van der Waals surface area contributed by atoms with E-state index in [0.717, 1.165) is 0 Å². The number of hydrogen-bond acceptors (Lipinski definition) is 1. The van der Waals surface area contributed by atoms with Crippen molar-refractivity contribution in [1.29, 1.82) is 0 Å². The summed E-state index contributed by atoms with van der Waals surface area (Å²) in [7, 11) is 0. The van der Waals surface area contributed by atoms with Crippen molar-refractivity contribution in [3.05, 3.63) is 0 Å². The summed E-state index contributed by atoms with van der Waals surface area (Å²) in [6.07, 6.45) is -8.16. The molecule has 0 fully saturated rings. The van der Waals surface area contributed by atoms with Crippen LogP contribution in [0.3, 0.4) is 0 Å². The van der Waals surface area contributed by atoms with Gasteiger partial charge in [0.05, 0.1) is 0 Å². The molecule has 26 heteroatoms. The quantitative estimate of drug-likeness (QED) is 0.196. The largest absolute Gasteiger partial charge is 0.460 e. The molecule has 230 valence electrons. The van der Waals surface area contributed by atoms with Crippen LogP contribution in [0.2, 0.25) is 0 Å². The first-order valence-electron chi connectivity index (χ1n) is 7.76. The number of nitrogens with two attached hydrogens (primary N) is 1. The van der Waals surface area contributed by atoms with Crippen molar-refractivity contribution in [2.45, 2.75) is 71.4 Å². The average molecular weight is 635 g/mol. The third kappa shape index (κ3) is 3.99. The Bertz CT molecular complexity index is 798. The summed E-state index contributed by atoms with van der Waals surface area (Å²) >= 11 is 0. The molecule has 0 heterocycles. The van der Waals surface area contributed by atoms with Crippen LogP contribution in [-0.2, 0) is 0 Å². The summed E-state index contributed by atoms with van der Waals surface area (Å²) in [6.45, 7) is 0. The second-order valence-corrected chi connectivity index (χ2v) is 6.86. The standard InChI is InChI=1S/C12H2F25N/c13-1(14,3(17,18)5(21,22)7(25,26)9(29,30)11(33,34)35)2(15,16)4(19,20)6(23,24)8(27,28)10(31,32)12(36,37)38/h38H2. The molecule has 0 unspecified atom stereocenters. The van der Waals surface area contributed by atoms with E-state index in [4.69, 9.17) is 0 Å². The Hall–Kier alpha value is -1.79. The molecule has 0 aromatic heterocycles. The molecule has 0 aliphatic carbocycles. The van der Waals surface area contributed by atoms with E-state index >= 15 is 0 Å². The van der Waals surface area contributed by atoms with Gasteiger partial charge < -0.3 is 0 Å². The highest BCUT2D eigenvalue weighted by atomic mass is 19.4. The molecule has 2 N–H and O–H groups in total. The highest BCUT2D eigenvalue weighted by Gasteiger charge is 2.99. The molecule has 0 atom stereocenters. The molecule has 0 aliphatic heterocycles. The van der Waals surface area contributed by atoms with E-state index in [2.05, 4.69) is 5.73 Å². The van der Waals surface area contributed by atoms with E-state index in [-0.39, 0.29) is 0 Å². The van der Waals surface area contributed by atoms with Crippen molar-refractivity contribution in [2.75, 3.05) is 0 Å². The van der Waals surface area contributed by atoms with Crippen molar-refractivity contribution in [1.82, 2.24) is 0 Å². The first-order chi connectivity index (χ1) is 15.8. The Morgan fingerprint density at radius 3 is 0.474 bits per heavy atom. The average Bonchev–Trinajstić information content (AvgIpc) is 2.64. The van der Waals surface area contributed by atoms with E-state index < -0.39 is 71.4 Å². The summed E-state index contributed by atoms with van der Waals surface area (Å²) in [5, 5.41) is 0. The molecule has 0 amide bonds. The topological polar surface area (TPSA) is 26.0 Å². The predicted octanol–water partition coefficient (Wildman–Crippen LogP) is 7.45. The van der Waals surface area contributed by atoms with Crippen molar-refractivity contribution in [3.8, 4) is 0 Å². The number of halogens is 25. The van der Waals surface area contributed by atoms with Gasteiger partial charge in [-0.3, -0.25) is 5.73 Å². The van der Waals surface area contributed by atoms with Gasteiger partial charge in [-0.25, -0.2) is 0 Å². The van der Waals surface area contributed by atoms with Crippen LogP contribution in [0.25, 0.3) is 0 Å². The molecule has 38 heavy (non-hydrogen) atoms. The van der Waals surface area contributed by atoms with E-state index in [9.17, 15) is 110 Å². The van der Waals surface area contributed by atoms with E-state index in [1.807, 2.05) is 0 Å². The van der Waals surface area contributed by atoms with Crippen LogP contribution in [0.1, 0.15) is 0 Å². The smallest absolute Gasteiger partial charge is 0.267 e. The fourth-order valence-electron chi connectivity index (χ4n) is 1.96. The molecule has 1 nitrogen and oxygen atoms in total. The lowest BCUT2D eigenvalue weighted by Gasteiger charge is -2.45. The van der Waals surface area contributed by atoms with Gasteiger partial charge in [0.25, 0.3) is 0 Å². The Kier molecular flexibility index (Phi) is 7.97. The van der Waals surface area contributed by atoms with Crippen molar-refractivity contribution in [3.63, 3.8) is 0 Å². The maximum absolute atomic E-state index is 13.4. The van der Waals surface area contributed by atoms with Gasteiger partial charge in [0.2, 0.25) is 0 Å². The highest BCUT2D eigenvalue weighted by Crippen LogP contribution is 2.67. The SMILES string of the molecule is NC(F)(F)C(F)(F)C(F)(F)C(F)(F)C(F)(F)C(F)(F)C(F)(F)C(F)(F)C(F)(F)C(F)(F)C(F)(F)C(F)(F)F.